The zero-order valence-electron chi connectivity index (χ0n) is 15.3. The normalized spacial score (nSPS) is 11.9. The molecule has 26 heavy (non-hydrogen) atoms. The van der Waals surface area contributed by atoms with Crippen molar-refractivity contribution in [3.05, 3.63) is 65.2 Å². The second kappa shape index (κ2) is 9.36. The van der Waals surface area contributed by atoms with Crippen molar-refractivity contribution in [3.63, 3.8) is 0 Å². The van der Waals surface area contributed by atoms with Gasteiger partial charge in [0.1, 0.15) is 0 Å². The van der Waals surface area contributed by atoms with Gasteiger partial charge in [0.25, 0.3) is 0 Å². The number of carbonyl (C=O) groups excluding carboxylic acids is 2. The molecule has 2 aromatic carbocycles. The molecule has 138 valence electrons. The number of rotatable bonds is 7. The summed E-state index contributed by atoms with van der Waals surface area (Å²) in [5.41, 5.74) is 1.68. The number of amides is 2. The Bertz CT molecular complexity index is 752. The third-order valence-corrected chi connectivity index (χ3v) is 4.61. The first-order valence-electron chi connectivity index (χ1n) is 8.42. The van der Waals surface area contributed by atoms with Crippen molar-refractivity contribution in [2.24, 2.45) is 0 Å². The summed E-state index contributed by atoms with van der Waals surface area (Å²) in [4.78, 5) is 27.9. The van der Waals surface area contributed by atoms with Crippen LogP contribution in [-0.4, -0.2) is 48.8 Å². The van der Waals surface area contributed by atoms with Crippen LogP contribution in [0.4, 0.5) is 5.69 Å². The van der Waals surface area contributed by atoms with Crippen molar-refractivity contribution in [3.8, 4) is 0 Å². The van der Waals surface area contributed by atoms with E-state index in [9.17, 15) is 9.59 Å². The van der Waals surface area contributed by atoms with E-state index in [-0.39, 0.29) is 30.9 Å². The molecule has 0 heterocycles. The molecule has 0 radical (unpaired) electrons. The van der Waals surface area contributed by atoms with E-state index in [1.54, 1.807) is 31.3 Å². The number of hydrogen-bond donors (Lipinski definition) is 1. The summed E-state index contributed by atoms with van der Waals surface area (Å²) < 4.78 is 0. The van der Waals surface area contributed by atoms with E-state index in [1.165, 1.54) is 4.90 Å². The first kappa shape index (κ1) is 19.9. The molecule has 0 aliphatic heterocycles. The number of para-hydroxylation sites is 1. The standard InChI is InChI=1S/C20H24ClN3O2/c1-15(16-9-5-4-6-10-16)23(2)14-20(26)24(3)13-19(25)22-18-12-8-7-11-17(18)21/h4-12,15H,13-14H2,1-3H3,(H,22,25). The SMILES string of the molecule is CC(c1ccccc1)N(C)CC(=O)N(C)CC(=O)Nc1ccccc1Cl. The van der Waals surface area contributed by atoms with Gasteiger partial charge in [-0.1, -0.05) is 54.1 Å². The molecular formula is C20H24ClN3O2. The van der Waals surface area contributed by atoms with Crippen LogP contribution < -0.4 is 5.32 Å². The second-order valence-corrected chi connectivity index (χ2v) is 6.69. The van der Waals surface area contributed by atoms with Crippen LogP contribution >= 0.6 is 11.6 Å². The van der Waals surface area contributed by atoms with Crippen LogP contribution in [-0.2, 0) is 9.59 Å². The molecule has 0 fully saturated rings. The molecular weight excluding hydrogens is 350 g/mol. The Labute approximate surface area is 159 Å². The van der Waals surface area contributed by atoms with Crippen molar-refractivity contribution in [1.29, 1.82) is 0 Å². The Morgan fingerprint density at radius 3 is 2.27 bits per heavy atom. The lowest BCUT2D eigenvalue weighted by Gasteiger charge is -2.26. The van der Waals surface area contributed by atoms with Gasteiger partial charge < -0.3 is 10.2 Å². The molecule has 2 rings (SSSR count). The number of halogens is 1. The van der Waals surface area contributed by atoms with E-state index in [0.29, 0.717) is 10.7 Å². The first-order valence-corrected chi connectivity index (χ1v) is 8.80. The average Bonchev–Trinajstić information content (AvgIpc) is 2.63. The van der Waals surface area contributed by atoms with E-state index in [1.807, 2.05) is 49.2 Å². The molecule has 1 atom stereocenters. The molecule has 1 N–H and O–H groups in total. The Balaban J connectivity index is 1.86. The summed E-state index contributed by atoms with van der Waals surface area (Å²) >= 11 is 6.03. The highest BCUT2D eigenvalue weighted by molar-refractivity contribution is 6.33. The van der Waals surface area contributed by atoms with Gasteiger partial charge in [-0.05, 0) is 31.7 Å². The number of anilines is 1. The van der Waals surface area contributed by atoms with E-state index >= 15 is 0 Å². The molecule has 0 saturated carbocycles. The zero-order chi connectivity index (χ0) is 19.1. The van der Waals surface area contributed by atoms with Gasteiger partial charge in [0.05, 0.1) is 23.8 Å². The van der Waals surface area contributed by atoms with E-state index in [4.69, 9.17) is 11.6 Å². The van der Waals surface area contributed by atoms with Gasteiger partial charge in [0.2, 0.25) is 11.8 Å². The number of carbonyl (C=O) groups is 2. The lowest BCUT2D eigenvalue weighted by Crippen LogP contribution is -2.41. The number of nitrogens with zero attached hydrogens (tertiary/aromatic N) is 2. The summed E-state index contributed by atoms with van der Waals surface area (Å²) in [5.74, 6) is -0.405. The van der Waals surface area contributed by atoms with Crippen LogP contribution in [0.2, 0.25) is 5.02 Å². The van der Waals surface area contributed by atoms with E-state index < -0.39 is 0 Å². The third kappa shape index (κ3) is 5.58. The van der Waals surface area contributed by atoms with Crippen LogP contribution in [0.25, 0.3) is 0 Å². The molecule has 0 bridgehead atoms. The number of benzene rings is 2. The maximum atomic E-state index is 12.4. The molecule has 0 aliphatic rings. The highest BCUT2D eigenvalue weighted by Gasteiger charge is 2.19. The van der Waals surface area contributed by atoms with E-state index in [0.717, 1.165) is 5.56 Å². The van der Waals surface area contributed by atoms with Crippen molar-refractivity contribution < 1.29 is 9.59 Å². The molecule has 1 unspecified atom stereocenters. The molecule has 6 heteroatoms. The summed E-state index contributed by atoms with van der Waals surface area (Å²) in [6, 6.07) is 17.1. The number of likely N-dealkylation sites (N-methyl/N-ethyl adjacent to an activating group) is 2. The highest BCUT2D eigenvalue weighted by atomic mass is 35.5. The van der Waals surface area contributed by atoms with Crippen LogP contribution in [0.3, 0.4) is 0 Å². The van der Waals surface area contributed by atoms with Gasteiger partial charge in [-0.15, -0.1) is 0 Å². The van der Waals surface area contributed by atoms with Crippen LogP contribution in [0, 0.1) is 0 Å². The minimum Gasteiger partial charge on any atom is -0.335 e. The smallest absolute Gasteiger partial charge is 0.244 e. The Kier molecular flexibility index (Phi) is 7.18. The molecule has 0 aromatic heterocycles. The minimum atomic E-state index is -0.285. The molecule has 0 saturated heterocycles. The fourth-order valence-electron chi connectivity index (χ4n) is 2.51. The molecule has 5 nitrogen and oxygen atoms in total. The molecule has 0 spiro atoms. The lowest BCUT2D eigenvalue weighted by atomic mass is 10.1. The summed E-state index contributed by atoms with van der Waals surface area (Å²) in [6.07, 6.45) is 0. The van der Waals surface area contributed by atoms with Gasteiger partial charge >= 0.3 is 0 Å². The topological polar surface area (TPSA) is 52.7 Å². The van der Waals surface area contributed by atoms with Crippen molar-refractivity contribution in [2.45, 2.75) is 13.0 Å². The van der Waals surface area contributed by atoms with Crippen LogP contribution in [0.1, 0.15) is 18.5 Å². The Hall–Kier alpha value is -2.37. The largest absolute Gasteiger partial charge is 0.335 e. The third-order valence-electron chi connectivity index (χ3n) is 4.28. The fraction of sp³-hybridized carbons (Fsp3) is 0.300. The second-order valence-electron chi connectivity index (χ2n) is 6.28. The van der Waals surface area contributed by atoms with Gasteiger partial charge in [0.15, 0.2) is 0 Å². The van der Waals surface area contributed by atoms with Gasteiger partial charge in [-0.3, -0.25) is 14.5 Å². The molecule has 2 aromatic rings. The quantitative estimate of drug-likeness (QED) is 0.809. The highest BCUT2D eigenvalue weighted by Crippen LogP contribution is 2.20. The average molecular weight is 374 g/mol. The summed E-state index contributed by atoms with van der Waals surface area (Å²) in [7, 11) is 3.52. The monoisotopic (exact) mass is 373 g/mol. The lowest BCUT2D eigenvalue weighted by molar-refractivity contribution is -0.134. The van der Waals surface area contributed by atoms with E-state index in [2.05, 4.69) is 5.32 Å². The summed E-state index contributed by atoms with van der Waals surface area (Å²) in [6.45, 7) is 2.25. The maximum absolute atomic E-state index is 12.4. The number of nitrogens with one attached hydrogen (secondary N) is 1. The number of hydrogen-bond acceptors (Lipinski definition) is 3. The Morgan fingerprint density at radius 2 is 1.62 bits per heavy atom. The van der Waals surface area contributed by atoms with Crippen molar-refractivity contribution >= 4 is 29.1 Å². The van der Waals surface area contributed by atoms with Gasteiger partial charge in [-0.2, -0.15) is 0 Å². The minimum absolute atomic E-state index is 0.0301. The summed E-state index contributed by atoms with van der Waals surface area (Å²) in [5, 5.41) is 3.18. The fourth-order valence-corrected chi connectivity index (χ4v) is 2.70. The van der Waals surface area contributed by atoms with Crippen molar-refractivity contribution in [1.82, 2.24) is 9.80 Å². The predicted octanol–water partition coefficient (Wildman–Crippen LogP) is 3.43. The molecule has 2 amide bonds. The zero-order valence-corrected chi connectivity index (χ0v) is 16.0. The first-order chi connectivity index (χ1) is 12.4. The van der Waals surface area contributed by atoms with Crippen LogP contribution in [0.5, 0.6) is 0 Å². The van der Waals surface area contributed by atoms with Gasteiger partial charge in [-0.25, -0.2) is 0 Å². The Morgan fingerprint density at radius 1 is 1.00 bits per heavy atom. The molecule has 0 aliphatic carbocycles. The predicted molar refractivity (Wildman–Crippen MR) is 105 cm³/mol. The van der Waals surface area contributed by atoms with Crippen molar-refractivity contribution in [2.75, 3.05) is 32.5 Å². The van der Waals surface area contributed by atoms with Crippen LogP contribution in [0.15, 0.2) is 54.6 Å². The maximum Gasteiger partial charge on any atom is 0.244 e. The van der Waals surface area contributed by atoms with Gasteiger partial charge in [0, 0.05) is 13.1 Å².